The number of carbonyl (C=O) groups excluding carboxylic acids is 1. The fraction of sp³-hybridized carbons (Fsp3) is 0.560. The van der Waals surface area contributed by atoms with E-state index < -0.39 is 7.59 Å². The lowest BCUT2D eigenvalue weighted by molar-refractivity contribution is -0.116. The third-order valence-electron chi connectivity index (χ3n) is 6.97. The molecule has 1 N–H and O–H groups in total. The number of carbonyl (C=O) groups is 1. The van der Waals surface area contributed by atoms with Crippen molar-refractivity contribution in [1.29, 1.82) is 0 Å². The highest BCUT2D eigenvalue weighted by Gasteiger charge is 2.42. The van der Waals surface area contributed by atoms with E-state index in [0.29, 0.717) is 72.2 Å². The highest BCUT2D eigenvalue weighted by molar-refractivity contribution is 7.57. The van der Waals surface area contributed by atoms with Gasteiger partial charge in [0.1, 0.15) is 0 Å². The van der Waals surface area contributed by atoms with Crippen LogP contribution >= 0.6 is 7.59 Å². The van der Waals surface area contributed by atoms with Crippen molar-refractivity contribution in [2.75, 3.05) is 78.9 Å². The first-order valence-electron chi connectivity index (χ1n) is 12.6. The van der Waals surface area contributed by atoms with Gasteiger partial charge in [-0.05, 0) is 30.1 Å². The predicted molar refractivity (Wildman–Crippen MR) is 134 cm³/mol. The number of nitrogens with one attached hydrogen (secondary N) is 1. The van der Waals surface area contributed by atoms with Crippen LogP contribution in [0.5, 0.6) is 0 Å². The number of nitrogens with zero attached hydrogens (tertiary/aromatic N) is 3. The average molecular weight is 503 g/mol. The number of ether oxygens (including phenoxy) is 3. The largest absolute Gasteiger partial charge is 0.379 e. The van der Waals surface area contributed by atoms with Crippen molar-refractivity contribution in [2.24, 2.45) is 0 Å². The molecule has 5 rings (SSSR count). The monoisotopic (exact) mass is 502 g/mol. The molecule has 0 bridgehead atoms. The van der Waals surface area contributed by atoms with Gasteiger partial charge in [0, 0.05) is 50.5 Å². The minimum atomic E-state index is -3.32. The van der Waals surface area contributed by atoms with Crippen LogP contribution in [0.15, 0.2) is 47.2 Å². The maximum atomic E-state index is 14.5. The molecule has 0 radical (unpaired) electrons. The summed E-state index contributed by atoms with van der Waals surface area (Å²) < 4.78 is 34.9. The summed E-state index contributed by atoms with van der Waals surface area (Å²) in [5, 5.41) is 3.04. The molecule has 0 unspecified atom stereocenters. The molecule has 0 saturated carbocycles. The second-order valence-electron chi connectivity index (χ2n) is 9.12. The van der Waals surface area contributed by atoms with Gasteiger partial charge in [-0.3, -0.25) is 14.4 Å². The summed E-state index contributed by atoms with van der Waals surface area (Å²) in [4.78, 5) is 16.1. The smallest absolute Gasteiger partial charge is 0.311 e. The minimum absolute atomic E-state index is 0.232. The molecular formula is C25H35N4O5P. The number of allylic oxidation sites excluding steroid dienone is 1. The van der Waals surface area contributed by atoms with E-state index in [9.17, 15) is 9.36 Å². The highest BCUT2D eigenvalue weighted by atomic mass is 31.2. The number of rotatable bonds is 6. The molecule has 1 amide bonds. The summed E-state index contributed by atoms with van der Waals surface area (Å²) in [6, 6.07) is 10.2. The van der Waals surface area contributed by atoms with Crippen LogP contribution in [0.1, 0.15) is 18.4 Å². The lowest BCUT2D eigenvalue weighted by atomic mass is 10.1. The van der Waals surface area contributed by atoms with Crippen molar-refractivity contribution in [2.45, 2.75) is 12.8 Å². The fourth-order valence-corrected chi connectivity index (χ4v) is 7.60. The highest BCUT2D eigenvalue weighted by Crippen LogP contribution is 2.50. The Bertz CT molecular complexity index is 974. The summed E-state index contributed by atoms with van der Waals surface area (Å²) >= 11 is 0. The molecule has 3 fully saturated rings. The lowest BCUT2D eigenvalue weighted by Gasteiger charge is -2.42. The van der Waals surface area contributed by atoms with Crippen molar-refractivity contribution in [1.82, 2.24) is 19.3 Å². The molecule has 4 aliphatic rings. The van der Waals surface area contributed by atoms with Gasteiger partial charge >= 0.3 is 7.59 Å². The Morgan fingerprint density at radius 2 is 1.34 bits per heavy atom. The zero-order valence-electron chi connectivity index (χ0n) is 20.2. The van der Waals surface area contributed by atoms with Gasteiger partial charge in [-0.15, -0.1) is 0 Å². The van der Waals surface area contributed by atoms with Crippen LogP contribution < -0.4 is 5.09 Å². The number of hydrogen-bond donors (Lipinski definition) is 1. The first kappa shape index (κ1) is 24.7. The molecule has 3 heterocycles. The van der Waals surface area contributed by atoms with Gasteiger partial charge in [-0.25, -0.2) is 9.34 Å². The van der Waals surface area contributed by atoms with E-state index >= 15 is 0 Å². The molecule has 35 heavy (non-hydrogen) atoms. The molecule has 0 aromatic heterocycles. The van der Waals surface area contributed by atoms with E-state index in [1.807, 2.05) is 27.5 Å². The Kier molecular flexibility index (Phi) is 8.02. The Labute approximate surface area is 207 Å². The van der Waals surface area contributed by atoms with E-state index in [1.54, 1.807) is 0 Å². The van der Waals surface area contributed by atoms with Gasteiger partial charge in [0.2, 0.25) is 0 Å². The Morgan fingerprint density at radius 3 is 1.91 bits per heavy atom. The van der Waals surface area contributed by atoms with Crippen LogP contribution in [0, 0.1) is 0 Å². The SMILES string of the molecule is O=C(NP(=O)(N1CCOCC1)N1CCOCC1)C1=C(N2CCOCC2)/C(=C/c2ccccc2)CC1. The second kappa shape index (κ2) is 11.4. The van der Waals surface area contributed by atoms with Crippen molar-refractivity contribution in [3.63, 3.8) is 0 Å². The predicted octanol–water partition coefficient (Wildman–Crippen LogP) is 2.34. The number of morpholine rings is 3. The van der Waals surface area contributed by atoms with Crippen molar-refractivity contribution in [3.8, 4) is 0 Å². The standard InChI is InChI=1S/C25H35N4O5P/c30-25(26-35(31,28-10-16-33-17-11-28)29-12-18-34-19-13-29)23-7-6-22(20-21-4-2-1-3-5-21)24(23)27-8-14-32-15-9-27/h1-5,20H,6-19H2,(H,26,30,31)/b22-20+. The zero-order chi connectivity index (χ0) is 24.1. The van der Waals surface area contributed by atoms with Gasteiger partial charge in [0.15, 0.2) is 0 Å². The van der Waals surface area contributed by atoms with Crippen molar-refractivity contribution in [3.05, 3.63) is 52.7 Å². The van der Waals surface area contributed by atoms with E-state index in [-0.39, 0.29) is 5.91 Å². The quantitative estimate of drug-likeness (QED) is 0.594. The van der Waals surface area contributed by atoms with Crippen LogP contribution in [0.2, 0.25) is 0 Å². The normalized spacial score (nSPS) is 24.2. The van der Waals surface area contributed by atoms with Crippen molar-refractivity contribution < 1.29 is 23.6 Å². The van der Waals surface area contributed by atoms with Crippen LogP contribution in [0.25, 0.3) is 6.08 Å². The molecular weight excluding hydrogens is 467 g/mol. The molecule has 190 valence electrons. The molecule has 0 spiro atoms. The molecule has 1 aliphatic carbocycles. The second-order valence-corrected chi connectivity index (χ2v) is 11.6. The Balaban J connectivity index is 1.47. The number of amides is 1. The summed E-state index contributed by atoms with van der Waals surface area (Å²) in [5.74, 6) is -0.232. The zero-order valence-corrected chi connectivity index (χ0v) is 21.1. The van der Waals surface area contributed by atoms with Gasteiger partial charge in [-0.2, -0.15) is 0 Å². The lowest BCUT2D eigenvalue weighted by Crippen LogP contribution is -2.48. The first-order chi connectivity index (χ1) is 17.1. The summed E-state index contributed by atoms with van der Waals surface area (Å²) in [5.41, 5.74) is 3.96. The van der Waals surface area contributed by atoms with E-state index in [2.05, 4.69) is 28.2 Å². The molecule has 3 aliphatic heterocycles. The van der Waals surface area contributed by atoms with Gasteiger partial charge in [0.05, 0.1) is 39.6 Å². The number of benzene rings is 1. The third-order valence-corrected chi connectivity index (χ3v) is 9.79. The van der Waals surface area contributed by atoms with Gasteiger partial charge in [-0.1, -0.05) is 30.3 Å². The number of hydrogen-bond acceptors (Lipinski definition) is 6. The first-order valence-corrected chi connectivity index (χ1v) is 14.2. The molecule has 10 heteroatoms. The van der Waals surface area contributed by atoms with Crippen molar-refractivity contribution >= 4 is 19.6 Å². The summed E-state index contributed by atoms with van der Waals surface area (Å²) in [6.07, 6.45) is 3.59. The molecule has 0 atom stereocenters. The van der Waals surface area contributed by atoms with E-state index in [1.165, 1.54) is 0 Å². The minimum Gasteiger partial charge on any atom is -0.379 e. The van der Waals surface area contributed by atoms with E-state index in [0.717, 1.165) is 41.9 Å². The summed E-state index contributed by atoms with van der Waals surface area (Å²) in [6.45, 7) is 6.91. The molecule has 1 aromatic rings. The molecule has 9 nitrogen and oxygen atoms in total. The maximum Gasteiger partial charge on any atom is 0.311 e. The maximum absolute atomic E-state index is 14.5. The van der Waals surface area contributed by atoms with Crippen LogP contribution in [0.3, 0.4) is 0 Å². The van der Waals surface area contributed by atoms with Crippen LogP contribution in [-0.2, 0) is 23.6 Å². The van der Waals surface area contributed by atoms with Gasteiger partial charge < -0.3 is 19.1 Å². The summed E-state index contributed by atoms with van der Waals surface area (Å²) in [7, 11) is -3.32. The van der Waals surface area contributed by atoms with Crippen LogP contribution in [0.4, 0.5) is 0 Å². The Hall–Kier alpha value is -2.00. The van der Waals surface area contributed by atoms with E-state index in [4.69, 9.17) is 14.2 Å². The third kappa shape index (κ3) is 5.56. The Morgan fingerprint density at radius 1 is 0.800 bits per heavy atom. The average Bonchev–Trinajstić information content (AvgIpc) is 3.34. The van der Waals surface area contributed by atoms with Crippen LogP contribution in [-0.4, -0.2) is 99.1 Å². The molecule has 1 aromatic carbocycles. The molecule has 3 saturated heterocycles. The van der Waals surface area contributed by atoms with Gasteiger partial charge in [0.25, 0.3) is 5.91 Å². The topological polar surface area (TPSA) is 83.6 Å². The fourth-order valence-electron chi connectivity index (χ4n) is 5.15.